The zero-order valence-corrected chi connectivity index (χ0v) is 18.0. The molecule has 0 radical (unpaired) electrons. The first-order valence-corrected chi connectivity index (χ1v) is 10.5. The minimum absolute atomic E-state index is 0.378. The van der Waals surface area contributed by atoms with Crippen molar-refractivity contribution in [2.75, 3.05) is 19.0 Å². The van der Waals surface area contributed by atoms with Gasteiger partial charge in [-0.2, -0.15) is 0 Å². The summed E-state index contributed by atoms with van der Waals surface area (Å²) in [6, 6.07) is 13.1. The second-order valence-electron chi connectivity index (χ2n) is 8.11. The number of pyridine rings is 1. The van der Waals surface area contributed by atoms with Gasteiger partial charge in [0.1, 0.15) is 5.75 Å². The Kier molecular flexibility index (Phi) is 5.89. The van der Waals surface area contributed by atoms with Gasteiger partial charge in [-0.3, -0.25) is 9.78 Å². The number of ether oxygens (including phenoxy) is 2. The number of anilines is 1. The fourth-order valence-electron chi connectivity index (χ4n) is 4.10. The van der Waals surface area contributed by atoms with Gasteiger partial charge in [0.05, 0.1) is 23.9 Å². The Balaban J connectivity index is 1.56. The Morgan fingerprint density at radius 3 is 2.81 bits per heavy atom. The van der Waals surface area contributed by atoms with E-state index in [0.29, 0.717) is 22.9 Å². The summed E-state index contributed by atoms with van der Waals surface area (Å²) in [6.45, 7) is 3.72. The lowest BCUT2D eigenvalue weighted by atomic mass is 9.84. The topological polar surface area (TPSA) is 77.5 Å². The van der Waals surface area contributed by atoms with Crippen LogP contribution in [-0.4, -0.2) is 30.6 Å². The molecule has 1 heterocycles. The number of carbonyl (C=O) groups excluding carboxylic acids is 2. The Labute approximate surface area is 181 Å². The van der Waals surface area contributed by atoms with E-state index in [4.69, 9.17) is 14.5 Å². The first kappa shape index (κ1) is 20.8. The maximum atomic E-state index is 13.1. The molecule has 2 aromatic carbocycles. The van der Waals surface area contributed by atoms with Gasteiger partial charge in [0.25, 0.3) is 5.91 Å². The van der Waals surface area contributed by atoms with Crippen molar-refractivity contribution in [2.24, 2.45) is 5.92 Å². The van der Waals surface area contributed by atoms with Crippen molar-refractivity contribution in [3.8, 4) is 5.75 Å². The van der Waals surface area contributed by atoms with Crippen LogP contribution >= 0.6 is 0 Å². The summed E-state index contributed by atoms with van der Waals surface area (Å²) < 4.78 is 10.7. The number of hydrogen-bond donors (Lipinski definition) is 1. The number of rotatable bonds is 5. The molecule has 4 rings (SSSR count). The van der Waals surface area contributed by atoms with Crippen LogP contribution in [0.5, 0.6) is 5.75 Å². The maximum Gasteiger partial charge on any atom is 0.339 e. The lowest BCUT2D eigenvalue weighted by Gasteiger charge is -2.24. The Morgan fingerprint density at radius 1 is 1.19 bits per heavy atom. The first-order chi connectivity index (χ1) is 15.0. The molecular weight excluding hydrogens is 392 g/mol. The standard InChI is InChI=1S/C25H26N2O4/c1-15-8-10-20-18(12-15)24(17-6-4-5-7-19(17)26-20)25(29)31-14-23(28)27-21-13-16(2)9-11-22(21)30-3/h4-7,9,11,13,15H,8,10,12,14H2,1-3H3,(H,27,28). The van der Waals surface area contributed by atoms with E-state index in [9.17, 15) is 9.59 Å². The molecule has 6 nitrogen and oxygen atoms in total. The number of aromatic nitrogens is 1. The number of methoxy groups -OCH3 is 1. The lowest BCUT2D eigenvalue weighted by Crippen LogP contribution is -2.24. The predicted molar refractivity (Wildman–Crippen MR) is 120 cm³/mol. The first-order valence-electron chi connectivity index (χ1n) is 10.5. The van der Waals surface area contributed by atoms with Crippen LogP contribution in [0, 0.1) is 12.8 Å². The monoisotopic (exact) mass is 418 g/mol. The van der Waals surface area contributed by atoms with E-state index in [0.717, 1.165) is 47.0 Å². The number of para-hydroxylation sites is 1. The normalized spacial score (nSPS) is 15.3. The molecular formula is C25H26N2O4. The third kappa shape index (κ3) is 4.38. The van der Waals surface area contributed by atoms with Crippen LogP contribution in [0.15, 0.2) is 42.5 Å². The lowest BCUT2D eigenvalue weighted by molar-refractivity contribution is -0.119. The van der Waals surface area contributed by atoms with E-state index in [-0.39, 0.29) is 6.61 Å². The molecule has 0 spiro atoms. The van der Waals surface area contributed by atoms with Crippen LogP contribution in [-0.2, 0) is 22.4 Å². The van der Waals surface area contributed by atoms with Crippen LogP contribution in [0.25, 0.3) is 10.9 Å². The fourth-order valence-corrected chi connectivity index (χ4v) is 4.10. The third-order valence-electron chi connectivity index (χ3n) is 5.67. The molecule has 0 aliphatic heterocycles. The van der Waals surface area contributed by atoms with Gasteiger partial charge >= 0.3 is 5.97 Å². The molecule has 6 heteroatoms. The number of benzene rings is 2. The molecule has 1 aliphatic rings. The van der Waals surface area contributed by atoms with Gasteiger partial charge in [-0.25, -0.2) is 4.79 Å². The highest BCUT2D eigenvalue weighted by Gasteiger charge is 2.26. The van der Waals surface area contributed by atoms with Crippen molar-refractivity contribution in [3.05, 3.63) is 64.8 Å². The molecule has 0 fully saturated rings. The maximum absolute atomic E-state index is 13.1. The SMILES string of the molecule is COc1ccc(C)cc1NC(=O)COC(=O)c1c2c(nc3ccccc13)CCC(C)C2. The van der Waals surface area contributed by atoms with Crippen molar-refractivity contribution in [3.63, 3.8) is 0 Å². The number of nitrogens with one attached hydrogen (secondary N) is 1. The van der Waals surface area contributed by atoms with Crippen LogP contribution in [0.3, 0.4) is 0 Å². The van der Waals surface area contributed by atoms with Gasteiger partial charge in [0.15, 0.2) is 6.61 Å². The van der Waals surface area contributed by atoms with Crippen LogP contribution < -0.4 is 10.1 Å². The molecule has 31 heavy (non-hydrogen) atoms. The largest absolute Gasteiger partial charge is 0.495 e. The van der Waals surface area contributed by atoms with Crippen molar-refractivity contribution in [1.82, 2.24) is 4.98 Å². The van der Waals surface area contributed by atoms with E-state index in [2.05, 4.69) is 12.2 Å². The molecule has 1 unspecified atom stereocenters. The zero-order valence-electron chi connectivity index (χ0n) is 18.0. The predicted octanol–water partition coefficient (Wildman–Crippen LogP) is 4.47. The van der Waals surface area contributed by atoms with E-state index >= 15 is 0 Å². The molecule has 0 saturated heterocycles. The molecule has 1 aromatic heterocycles. The van der Waals surface area contributed by atoms with Gasteiger partial charge in [-0.05, 0) is 61.4 Å². The molecule has 160 valence electrons. The van der Waals surface area contributed by atoms with E-state index in [1.807, 2.05) is 43.3 Å². The van der Waals surface area contributed by atoms with E-state index in [1.165, 1.54) is 0 Å². The quantitative estimate of drug-likeness (QED) is 0.619. The highest BCUT2D eigenvalue weighted by atomic mass is 16.5. The van der Waals surface area contributed by atoms with Crippen molar-refractivity contribution < 1.29 is 19.1 Å². The van der Waals surface area contributed by atoms with Crippen molar-refractivity contribution >= 4 is 28.5 Å². The molecule has 1 N–H and O–H groups in total. The fraction of sp³-hybridized carbons (Fsp3) is 0.320. The number of carbonyl (C=O) groups is 2. The number of fused-ring (bicyclic) bond motifs is 2. The smallest absolute Gasteiger partial charge is 0.339 e. The van der Waals surface area contributed by atoms with Gasteiger partial charge < -0.3 is 14.8 Å². The van der Waals surface area contributed by atoms with Gasteiger partial charge in [0, 0.05) is 11.1 Å². The average Bonchev–Trinajstić information content (AvgIpc) is 2.76. The minimum atomic E-state index is -0.490. The van der Waals surface area contributed by atoms with E-state index in [1.54, 1.807) is 13.2 Å². The molecule has 3 aromatic rings. The number of esters is 1. The van der Waals surface area contributed by atoms with Crippen LogP contribution in [0.2, 0.25) is 0 Å². The van der Waals surface area contributed by atoms with Gasteiger partial charge in [-0.1, -0.05) is 31.2 Å². The second kappa shape index (κ2) is 8.76. The summed E-state index contributed by atoms with van der Waals surface area (Å²) >= 11 is 0. The summed E-state index contributed by atoms with van der Waals surface area (Å²) in [6.07, 6.45) is 2.67. The Bertz CT molecular complexity index is 1160. The molecule has 0 saturated carbocycles. The van der Waals surface area contributed by atoms with E-state index < -0.39 is 11.9 Å². The number of hydrogen-bond acceptors (Lipinski definition) is 5. The third-order valence-corrected chi connectivity index (χ3v) is 5.67. The highest BCUT2D eigenvalue weighted by molar-refractivity contribution is 6.06. The number of aryl methyl sites for hydroxylation is 2. The summed E-state index contributed by atoms with van der Waals surface area (Å²) in [4.78, 5) is 30.4. The van der Waals surface area contributed by atoms with Gasteiger partial charge in [0.2, 0.25) is 0 Å². The van der Waals surface area contributed by atoms with Crippen LogP contribution in [0.4, 0.5) is 5.69 Å². The Hall–Kier alpha value is -3.41. The Morgan fingerprint density at radius 2 is 2.00 bits per heavy atom. The molecule has 1 aliphatic carbocycles. The van der Waals surface area contributed by atoms with Gasteiger partial charge in [-0.15, -0.1) is 0 Å². The summed E-state index contributed by atoms with van der Waals surface area (Å²) in [5, 5.41) is 3.53. The number of nitrogens with zero attached hydrogens (tertiary/aromatic N) is 1. The minimum Gasteiger partial charge on any atom is -0.495 e. The summed E-state index contributed by atoms with van der Waals surface area (Å²) in [5.74, 6) is 0.112. The average molecular weight is 418 g/mol. The van der Waals surface area contributed by atoms with Crippen molar-refractivity contribution in [1.29, 1.82) is 0 Å². The van der Waals surface area contributed by atoms with Crippen LogP contribution in [0.1, 0.15) is 40.5 Å². The number of amides is 1. The second-order valence-corrected chi connectivity index (χ2v) is 8.11. The molecule has 1 amide bonds. The van der Waals surface area contributed by atoms with Crippen molar-refractivity contribution in [2.45, 2.75) is 33.1 Å². The summed E-state index contributed by atoms with van der Waals surface area (Å²) in [5.41, 5.74) is 4.74. The molecule has 0 bridgehead atoms. The zero-order chi connectivity index (χ0) is 22.0. The molecule has 1 atom stereocenters. The summed E-state index contributed by atoms with van der Waals surface area (Å²) in [7, 11) is 1.54. The highest BCUT2D eigenvalue weighted by Crippen LogP contribution is 2.32.